The van der Waals surface area contributed by atoms with Crippen molar-refractivity contribution in [2.75, 3.05) is 10.6 Å². The van der Waals surface area contributed by atoms with Crippen LogP contribution in [0.1, 0.15) is 23.5 Å². The molecule has 4 aromatic rings. The zero-order valence-electron chi connectivity index (χ0n) is 15.8. The van der Waals surface area contributed by atoms with E-state index in [-0.39, 0.29) is 17.6 Å². The summed E-state index contributed by atoms with van der Waals surface area (Å²) < 4.78 is 7.13. The van der Waals surface area contributed by atoms with E-state index >= 15 is 0 Å². The molecule has 1 aromatic carbocycles. The molecule has 0 aliphatic heterocycles. The van der Waals surface area contributed by atoms with Crippen LogP contribution in [-0.4, -0.2) is 26.6 Å². The number of benzene rings is 1. The van der Waals surface area contributed by atoms with Gasteiger partial charge in [0.2, 0.25) is 5.91 Å². The molecule has 0 bridgehead atoms. The van der Waals surface area contributed by atoms with Crippen molar-refractivity contribution in [3.05, 3.63) is 70.7 Å². The van der Waals surface area contributed by atoms with Crippen molar-refractivity contribution in [2.45, 2.75) is 13.0 Å². The minimum absolute atomic E-state index is 0.222. The molecule has 3 N–H and O–H groups in total. The molecule has 3 heterocycles. The zero-order valence-corrected chi connectivity index (χ0v) is 17.4. The summed E-state index contributed by atoms with van der Waals surface area (Å²) in [5, 5.41) is 14.5. The summed E-state index contributed by atoms with van der Waals surface area (Å²) in [7, 11) is 0. The van der Waals surface area contributed by atoms with Crippen LogP contribution >= 0.6 is 23.6 Å². The van der Waals surface area contributed by atoms with E-state index in [0.29, 0.717) is 22.0 Å². The van der Waals surface area contributed by atoms with E-state index in [1.54, 1.807) is 47.9 Å². The second kappa shape index (κ2) is 8.47. The molecular weight excluding hydrogens is 422 g/mol. The molecule has 3 aromatic heterocycles. The minimum Gasteiger partial charge on any atom is -0.459 e. The average Bonchev–Trinajstić information content (AvgIpc) is 3.50. The van der Waals surface area contributed by atoms with Crippen molar-refractivity contribution >= 4 is 46.7 Å². The maximum absolute atomic E-state index is 12.8. The zero-order chi connectivity index (χ0) is 21.1. The van der Waals surface area contributed by atoms with Crippen molar-refractivity contribution in [3.63, 3.8) is 0 Å². The van der Waals surface area contributed by atoms with Gasteiger partial charge in [0.1, 0.15) is 6.04 Å². The van der Waals surface area contributed by atoms with Gasteiger partial charge in [0.25, 0.3) is 5.91 Å². The van der Waals surface area contributed by atoms with Gasteiger partial charge in [-0.1, -0.05) is 6.07 Å². The maximum Gasteiger partial charge on any atom is 0.291 e. The number of anilines is 2. The van der Waals surface area contributed by atoms with Gasteiger partial charge < -0.3 is 15.1 Å². The highest BCUT2D eigenvalue weighted by molar-refractivity contribution is 7.71. The molecule has 0 aliphatic rings. The molecule has 0 saturated heterocycles. The first-order chi connectivity index (χ1) is 14.5. The molecule has 2 amide bonds. The summed E-state index contributed by atoms with van der Waals surface area (Å²) in [5.74, 6) is 0.256. The molecule has 0 fully saturated rings. The van der Waals surface area contributed by atoms with Crippen LogP contribution in [0.4, 0.5) is 11.4 Å². The van der Waals surface area contributed by atoms with E-state index in [1.807, 2.05) is 17.5 Å². The van der Waals surface area contributed by atoms with Gasteiger partial charge in [0.15, 0.2) is 16.4 Å². The molecule has 1 unspecified atom stereocenters. The van der Waals surface area contributed by atoms with Crippen LogP contribution < -0.4 is 10.6 Å². The number of aromatic amines is 1. The molecule has 30 heavy (non-hydrogen) atoms. The van der Waals surface area contributed by atoms with Crippen LogP contribution in [0.25, 0.3) is 10.7 Å². The number of hydrogen-bond acceptors (Lipinski definition) is 6. The second-order valence-electron chi connectivity index (χ2n) is 6.37. The molecule has 8 nitrogen and oxygen atoms in total. The maximum atomic E-state index is 12.8. The van der Waals surface area contributed by atoms with E-state index in [2.05, 4.69) is 20.8 Å². The fraction of sp³-hybridized carbons (Fsp3) is 0.100. The fourth-order valence-electron chi connectivity index (χ4n) is 2.84. The number of H-pyrrole nitrogens is 1. The summed E-state index contributed by atoms with van der Waals surface area (Å²) >= 11 is 6.84. The van der Waals surface area contributed by atoms with Gasteiger partial charge in [-0.05, 0) is 67.0 Å². The molecule has 152 valence electrons. The van der Waals surface area contributed by atoms with Crippen LogP contribution in [-0.2, 0) is 4.79 Å². The van der Waals surface area contributed by atoms with Crippen LogP contribution in [0.3, 0.4) is 0 Å². The number of nitrogens with zero attached hydrogens (tertiary/aromatic N) is 2. The first-order valence-electron chi connectivity index (χ1n) is 8.99. The molecule has 0 saturated carbocycles. The lowest BCUT2D eigenvalue weighted by atomic mass is 10.2. The Balaban J connectivity index is 1.45. The Hall–Kier alpha value is -3.50. The molecule has 10 heteroatoms. The van der Waals surface area contributed by atoms with Gasteiger partial charge >= 0.3 is 0 Å². The molecule has 0 radical (unpaired) electrons. The first kappa shape index (κ1) is 19.8. The van der Waals surface area contributed by atoms with Crippen molar-refractivity contribution in [3.8, 4) is 10.7 Å². The summed E-state index contributed by atoms with van der Waals surface area (Å²) in [6.07, 6.45) is 1.44. The molecule has 0 aliphatic carbocycles. The van der Waals surface area contributed by atoms with Crippen molar-refractivity contribution < 1.29 is 14.0 Å². The summed E-state index contributed by atoms with van der Waals surface area (Å²) in [5.41, 5.74) is 1.18. The number of carbonyl (C=O) groups excluding carboxylic acids is 2. The van der Waals surface area contributed by atoms with Crippen molar-refractivity contribution in [1.29, 1.82) is 0 Å². The number of thiophene rings is 1. The lowest BCUT2D eigenvalue weighted by Gasteiger charge is -2.15. The Morgan fingerprint density at radius 1 is 1.13 bits per heavy atom. The Kier molecular flexibility index (Phi) is 5.59. The number of nitrogens with one attached hydrogen (secondary N) is 3. The summed E-state index contributed by atoms with van der Waals surface area (Å²) in [6, 6.07) is 13.3. The van der Waals surface area contributed by atoms with Gasteiger partial charge in [0, 0.05) is 11.4 Å². The lowest BCUT2D eigenvalue weighted by molar-refractivity contribution is -0.118. The number of aromatic nitrogens is 3. The van der Waals surface area contributed by atoms with Crippen molar-refractivity contribution in [2.24, 2.45) is 0 Å². The summed E-state index contributed by atoms with van der Waals surface area (Å²) in [4.78, 5) is 25.7. The topological polar surface area (TPSA) is 105 Å². The second-order valence-corrected chi connectivity index (χ2v) is 7.71. The quantitative estimate of drug-likeness (QED) is 0.377. The number of hydrogen-bond donors (Lipinski definition) is 3. The largest absolute Gasteiger partial charge is 0.459 e. The Morgan fingerprint density at radius 2 is 1.87 bits per heavy atom. The highest BCUT2D eigenvalue weighted by Crippen LogP contribution is 2.26. The number of amides is 2. The highest BCUT2D eigenvalue weighted by atomic mass is 32.1. The Labute approximate surface area is 180 Å². The Bertz CT molecular complexity index is 1210. The third-order valence-electron chi connectivity index (χ3n) is 4.37. The normalized spacial score (nSPS) is 11.8. The minimum atomic E-state index is -0.577. The number of rotatable bonds is 6. The van der Waals surface area contributed by atoms with Gasteiger partial charge in [-0.3, -0.25) is 19.3 Å². The average molecular weight is 440 g/mol. The van der Waals surface area contributed by atoms with E-state index in [1.165, 1.54) is 17.6 Å². The SMILES string of the molecule is CC(C(=O)Nc1ccc(NC(=O)c2ccco2)cc1)n1c(-c2cccs2)n[nH]c1=S. The number of carbonyl (C=O) groups is 2. The van der Waals surface area contributed by atoms with Gasteiger partial charge in [-0.25, -0.2) is 0 Å². The molecular formula is C20H17N5O3S2. The van der Waals surface area contributed by atoms with Gasteiger partial charge in [-0.2, -0.15) is 5.10 Å². The summed E-state index contributed by atoms with van der Waals surface area (Å²) in [6.45, 7) is 1.76. The van der Waals surface area contributed by atoms with Crippen LogP contribution in [0.15, 0.2) is 64.6 Å². The molecule has 1 atom stereocenters. The van der Waals surface area contributed by atoms with E-state index < -0.39 is 6.04 Å². The predicted octanol–water partition coefficient (Wildman–Crippen LogP) is 4.71. The van der Waals surface area contributed by atoms with Gasteiger partial charge in [-0.15, -0.1) is 11.3 Å². The third-order valence-corrected chi connectivity index (χ3v) is 5.52. The van der Waals surface area contributed by atoms with Crippen LogP contribution in [0.2, 0.25) is 0 Å². The first-order valence-corrected chi connectivity index (χ1v) is 10.3. The number of furan rings is 1. The smallest absolute Gasteiger partial charge is 0.291 e. The highest BCUT2D eigenvalue weighted by Gasteiger charge is 2.21. The van der Waals surface area contributed by atoms with Gasteiger partial charge in [0.05, 0.1) is 11.1 Å². The third kappa shape index (κ3) is 4.09. The standard InChI is InChI=1S/C20H17N5O3S2/c1-12(25-17(23-24-20(25)29)16-5-3-11-30-16)18(26)21-13-6-8-14(9-7-13)22-19(27)15-4-2-10-28-15/h2-12H,1H3,(H,21,26)(H,22,27)(H,24,29). The fourth-order valence-corrected chi connectivity index (χ4v) is 3.85. The Morgan fingerprint density at radius 3 is 2.50 bits per heavy atom. The molecule has 0 spiro atoms. The van der Waals surface area contributed by atoms with E-state index in [9.17, 15) is 9.59 Å². The van der Waals surface area contributed by atoms with Crippen molar-refractivity contribution in [1.82, 2.24) is 14.8 Å². The van der Waals surface area contributed by atoms with E-state index in [0.717, 1.165) is 4.88 Å². The van der Waals surface area contributed by atoms with Crippen LogP contribution in [0, 0.1) is 4.77 Å². The predicted molar refractivity (Wildman–Crippen MR) is 117 cm³/mol. The monoisotopic (exact) mass is 439 g/mol. The molecule has 4 rings (SSSR count). The lowest BCUT2D eigenvalue weighted by Crippen LogP contribution is -2.24. The van der Waals surface area contributed by atoms with Crippen LogP contribution in [0.5, 0.6) is 0 Å². The van der Waals surface area contributed by atoms with E-state index in [4.69, 9.17) is 16.6 Å².